The monoisotopic (exact) mass is 327 g/mol. The molecule has 1 fully saturated rings. The van der Waals surface area contributed by atoms with Crippen molar-refractivity contribution in [3.05, 3.63) is 41.7 Å². The van der Waals surface area contributed by atoms with Crippen LogP contribution in [0.1, 0.15) is 25.5 Å². The topological polar surface area (TPSA) is 91.6 Å². The Balaban J connectivity index is 2.03. The molecular formula is C17H17N3O4. The summed E-state index contributed by atoms with van der Waals surface area (Å²) in [5.74, 6) is -1.88. The van der Waals surface area contributed by atoms with E-state index in [0.717, 1.165) is 16.5 Å². The highest BCUT2D eigenvalue weighted by Crippen LogP contribution is 2.27. The predicted molar refractivity (Wildman–Crippen MR) is 88.2 cm³/mol. The first kappa shape index (κ1) is 15.8. The second kappa shape index (κ2) is 5.84. The van der Waals surface area contributed by atoms with Crippen LogP contribution in [-0.2, 0) is 9.59 Å². The number of hydrogen-bond donors (Lipinski definition) is 2. The SMILES string of the molecule is CC(C)n1cc(/C=C2/NC(=O)N(CC(=O)O)C2=O)c2ccccc21. The van der Waals surface area contributed by atoms with E-state index >= 15 is 0 Å². The Labute approximate surface area is 138 Å². The van der Waals surface area contributed by atoms with Crippen LogP contribution in [0.4, 0.5) is 4.79 Å². The number of aliphatic carboxylic acids is 1. The average molecular weight is 327 g/mol. The summed E-state index contributed by atoms with van der Waals surface area (Å²) < 4.78 is 2.08. The fraction of sp³-hybridized carbons (Fsp3) is 0.235. The number of rotatable bonds is 4. The molecule has 24 heavy (non-hydrogen) atoms. The van der Waals surface area contributed by atoms with Crippen molar-refractivity contribution in [2.45, 2.75) is 19.9 Å². The molecule has 2 N–H and O–H groups in total. The molecule has 1 saturated heterocycles. The molecule has 124 valence electrons. The highest BCUT2D eigenvalue weighted by molar-refractivity contribution is 6.15. The molecule has 1 aromatic carbocycles. The van der Waals surface area contributed by atoms with Gasteiger partial charge in [0.2, 0.25) is 0 Å². The van der Waals surface area contributed by atoms with E-state index in [1.165, 1.54) is 0 Å². The van der Waals surface area contributed by atoms with Gasteiger partial charge in [0.05, 0.1) is 0 Å². The van der Waals surface area contributed by atoms with E-state index in [2.05, 4.69) is 23.7 Å². The van der Waals surface area contributed by atoms with Crippen LogP contribution >= 0.6 is 0 Å². The molecule has 0 saturated carbocycles. The van der Waals surface area contributed by atoms with E-state index in [1.807, 2.05) is 30.5 Å². The van der Waals surface area contributed by atoms with Gasteiger partial charge in [-0.25, -0.2) is 9.69 Å². The van der Waals surface area contributed by atoms with Crippen molar-refractivity contribution in [2.75, 3.05) is 6.54 Å². The van der Waals surface area contributed by atoms with Crippen LogP contribution in [-0.4, -0.2) is 39.0 Å². The summed E-state index contributed by atoms with van der Waals surface area (Å²) in [5, 5.41) is 12.2. The van der Waals surface area contributed by atoms with Crippen LogP contribution in [0.25, 0.3) is 17.0 Å². The number of carboxylic acid groups (broad SMARTS) is 1. The molecule has 1 aliphatic rings. The van der Waals surface area contributed by atoms with Crippen LogP contribution < -0.4 is 5.32 Å². The molecular weight excluding hydrogens is 310 g/mol. The van der Waals surface area contributed by atoms with Crippen LogP contribution in [0, 0.1) is 0 Å². The van der Waals surface area contributed by atoms with Crippen LogP contribution in [0.3, 0.4) is 0 Å². The van der Waals surface area contributed by atoms with E-state index in [4.69, 9.17) is 5.11 Å². The lowest BCUT2D eigenvalue weighted by molar-refractivity contribution is -0.140. The Morgan fingerprint density at radius 2 is 2.00 bits per heavy atom. The van der Waals surface area contributed by atoms with Gasteiger partial charge >= 0.3 is 12.0 Å². The number of nitrogens with zero attached hydrogens (tertiary/aromatic N) is 2. The number of benzene rings is 1. The molecule has 3 amide bonds. The minimum atomic E-state index is -1.24. The largest absolute Gasteiger partial charge is 0.480 e. The van der Waals surface area contributed by atoms with Crippen LogP contribution in [0.15, 0.2) is 36.2 Å². The second-order valence-electron chi connectivity index (χ2n) is 5.88. The van der Waals surface area contributed by atoms with Gasteiger partial charge in [0.25, 0.3) is 5.91 Å². The number of imide groups is 1. The number of carbonyl (C=O) groups excluding carboxylic acids is 2. The summed E-state index contributed by atoms with van der Waals surface area (Å²) in [4.78, 5) is 35.5. The van der Waals surface area contributed by atoms with Crippen molar-refractivity contribution in [3.63, 3.8) is 0 Å². The van der Waals surface area contributed by atoms with Gasteiger partial charge in [0.15, 0.2) is 0 Å². The first-order valence-electron chi connectivity index (χ1n) is 7.54. The maximum Gasteiger partial charge on any atom is 0.329 e. The van der Waals surface area contributed by atoms with Crippen molar-refractivity contribution in [3.8, 4) is 0 Å². The van der Waals surface area contributed by atoms with Gasteiger partial charge in [-0.15, -0.1) is 0 Å². The number of carbonyl (C=O) groups is 3. The maximum absolute atomic E-state index is 12.2. The summed E-state index contributed by atoms with van der Waals surface area (Å²) >= 11 is 0. The van der Waals surface area contributed by atoms with Gasteiger partial charge in [-0.2, -0.15) is 0 Å². The zero-order chi connectivity index (χ0) is 17.4. The lowest BCUT2D eigenvalue weighted by Gasteiger charge is -2.08. The molecule has 0 spiro atoms. The highest BCUT2D eigenvalue weighted by atomic mass is 16.4. The van der Waals surface area contributed by atoms with Crippen molar-refractivity contribution < 1.29 is 19.5 Å². The molecule has 2 aromatic rings. The molecule has 7 nitrogen and oxygen atoms in total. The maximum atomic E-state index is 12.2. The number of para-hydroxylation sites is 1. The van der Waals surface area contributed by atoms with Gasteiger partial charge < -0.3 is 15.0 Å². The fourth-order valence-corrected chi connectivity index (χ4v) is 2.78. The van der Waals surface area contributed by atoms with Gasteiger partial charge in [-0.05, 0) is 26.0 Å². The third-order valence-corrected chi connectivity index (χ3v) is 3.88. The number of aromatic nitrogens is 1. The smallest absolute Gasteiger partial charge is 0.329 e. The molecule has 0 aliphatic carbocycles. The molecule has 3 rings (SSSR count). The first-order chi connectivity index (χ1) is 11.4. The molecule has 1 aromatic heterocycles. The van der Waals surface area contributed by atoms with Crippen LogP contribution in [0.2, 0.25) is 0 Å². The summed E-state index contributed by atoms with van der Waals surface area (Å²) in [5.41, 5.74) is 1.89. The summed E-state index contributed by atoms with van der Waals surface area (Å²) in [6, 6.07) is 7.29. The number of amides is 3. The Hall–Kier alpha value is -3.09. The summed E-state index contributed by atoms with van der Waals surface area (Å²) in [6.07, 6.45) is 3.50. The number of nitrogens with one attached hydrogen (secondary N) is 1. The Bertz CT molecular complexity index is 879. The van der Waals surface area contributed by atoms with Crippen molar-refractivity contribution in [1.82, 2.24) is 14.8 Å². The molecule has 7 heteroatoms. The van der Waals surface area contributed by atoms with Crippen molar-refractivity contribution >= 4 is 34.9 Å². The number of hydrogen-bond acceptors (Lipinski definition) is 3. The molecule has 0 radical (unpaired) electrons. The zero-order valence-corrected chi connectivity index (χ0v) is 13.3. The van der Waals surface area contributed by atoms with E-state index in [-0.39, 0.29) is 11.7 Å². The van der Waals surface area contributed by atoms with E-state index in [9.17, 15) is 14.4 Å². The highest BCUT2D eigenvalue weighted by Gasteiger charge is 2.35. The number of urea groups is 1. The molecule has 0 unspecified atom stereocenters. The summed E-state index contributed by atoms with van der Waals surface area (Å²) in [7, 11) is 0. The first-order valence-corrected chi connectivity index (χ1v) is 7.54. The lowest BCUT2D eigenvalue weighted by Crippen LogP contribution is -2.35. The fourth-order valence-electron chi connectivity index (χ4n) is 2.78. The van der Waals surface area contributed by atoms with Crippen molar-refractivity contribution in [1.29, 1.82) is 0 Å². The number of carboxylic acids is 1. The third kappa shape index (κ3) is 2.64. The van der Waals surface area contributed by atoms with Gasteiger partial charge in [-0.1, -0.05) is 18.2 Å². The predicted octanol–water partition coefficient (Wildman–Crippen LogP) is 2.20. The minimum absolute atomic E-state index is 0.0768. The van der Waals surface area contributed by atoms with Gasteiger partial charge in [-0.3, -0.25) is 9.59 Å². The standard InChI is InChI=1S/C17H17N3O4/c1-10(2)19-8-11(12-5-3-4-6-14(12)19)7-13-16(23)20(9-15(21)22)17(24)18-13/h3-8,10H,9H2,1-2H3,(H,18,24)(H,21,22)/b13-7+. The van der Waals surface area contributed by atoms with E-state index in [1.54, 1.807) is 6.08 Å². The average Bonchev–Trinajstić information content (AvgIpc) is 3.01. The lowest BCUT2D eigenvalue weighted by atomic mass is 10.1. The molecule has 1 aliphatic heterocycles. The molecule has 2 heterocycles. The normalized spacial score (nSPS) is 16.5. The van der Waals surface area contributed by atoms with Gasteiger partial charge in [0.1, 0.15) is 12.2 Å². The second-order valence-corrected chi connectivity index (χ2v) is 5.88. The summed E-state index contributed by atoms with van der Waals surface area (Å²) in [6.45, 7) is 3.46. The minimum Gasteiger partial charge on any atom is -0.480 e. The Morgan fingerprint density at radius 1 is 1.29 bits per heavy atom. The van der Waals surface area contributed by atoms with Crippen molar-refractivity contribution in [2.24, 2.45) is 0 Å². The number of fused-ring (bicyclic) bond motifs is 1. The van der Waals surface area contributed by atoms with Crippen LogP contribution in [0.5, 0.6) is 0 Å². The molecule has 0 bridgehead atoms. The third-order valence-electron chi connectivity index (χ3n) is 3.88. The van der Waals surface area contributed by atoms with E-state index in [0.29, 0.717) is 4.90 Å². The zero-order valence-electron chi connectivity index (χ0n) is 13.3. The van der Waals surface area contributed by atoms with Gasteiger partial charge in [0, 0.05) is 28.7 Å². The van der Waals surface area contributed by atoms with E-state index < -0.39 is 24.5 Å². The quantitative estimate of drug-likeness (QED) is 0.665. The Morgan fingerprint density at radius 3 is 2.67 bits per heavy atom. The Kier molecular flexibility index (Phi) is 3.84. The molecule has 0 atom stereocenters.